The molecule has 164 valence electrons. The van der Waals surface area contributed by atoms with E-state index in [-0.39, 0.29) is 24.5 Å². The van der Waals surface area contributed by atoms with E-state index in [0.717, 1.165) is 40.5 Å². The highest BCUT2D eigenvalue weighted by atomic mass is 32.1. The standard InChI is InChI=1S/C21H22N8O2S/c1-14-18(12-32-20(14)7-22)19-10-27-4-5-28(9-17(27)11-31-19)21(30)6-15-2-3-16(8-23-15)29-13-24-25-26-29/h2-3,8,12-13,17,19H,4-6,9-11H2,1H3/t17-,19-/m0/s1. The molecule has 0 aliphatic carbocycles. The lowest BCUT2D eigenvalue weighted by atomic mass is 10.0. The molecule has 2 atom stereocenters. The summed E-state index contributed by atoms with van der Waals surface area (Å²) in [6, 6.07) is 6.12. The number of tetrazole rings is 1. The predicted octanol–water partition coefficient (Wildman–Crippen LogP) is 1.13. The van der Waals surface area contributed by atoms with Gasteiger partial charge in [0.2, 0.25) is 5.91 Å². The van der Waals surface area contributed by atoms with Gasteiger partial charge in [-0.15, -0.1) is 16.4 Å². The number of rotatable bonds is 4. The van der Waals surface area contributed by atoms with Crippen molar-refractivity contribution in [2.75, 3.05) is 32.8 Å². The van der Waals surface area contributed by atoms with Crippen LogP contribution in [0.25, 0.3) is 5.69 Å². The van der Waals surface area contributed by atoms with Crippen molar-refractivity contribution in [1.29, 1.82) is 5.26 Å². The molecule has 10 nitrogen and oxygen atoms in total. The molecule has 0 bridgehead atoms. The minimum Gasteiger partial charge on any atom is -0.370 e. The molecule has 32 heavy (non-hydrogen) atoms. The lowest BCUT2D eigenvalue weighted by Crippen LogP contribution is -2.59. The number of pyridine rings is 1. The highest BCUT2D eigenvalue weighted by molar-refractivity contribution is 7.10. The topological polar surface area (TPSA) is 113 Å². The fourth-order valence-corrected chi connectivity index (χ4v) is 5.18. The van der Waals surface area contributed by atoms with E-state index < -0.39 is 0 Å². The molecular formula is C21H22N8O2S. The van der Waals surface area contributed by atoms with Crippen LogP contribution < -0.4 is 0 Å². The number of amides is 1. The van der Waals surface area contributed by atoms with Crippen LogP contribution in [0.1, 0.15) is 27.8 Å². The smallest absolute Gasteiger partial charge is 0.228 e. The van der Waals surface area contributed by atoms with E-state index in [1.807, 2.05) is 29.3 Å². The minimum atomic E-state index is -0.0187. The van der Waals surface area contributed by atoms with Gasteiger partial charge in [-0.05, 0) is 46.0 Å². The summed E-state index contributed by atoms with van der Waals surface area (Å²) in [5.41, 5.74) is 3.60. The fraction of sp³-hybridized carbons (Fsp3) is 0.429. The SMILES string of the molecule is Cc1c([C@@H]2CN3CCN(C(=O)Cc4ccc(-n5cnnn5)cn4)C[C@H]3CO2)csc1C#N. The zero-order valence-electron chi connectivity index (χ0n) is 17.6. The van der Waals surface area contributed by atoms with Gasteiger partial charge in [0.05, 0.1) is 37.1 Å². The molecule has 3 aromatic rings. The van der Waals surface area contributed by atoms with Gasteiger partial charge in [0.1, 0.15) is 17.3 Å². The number of carbonyl (C=O) groups excluding carboxylic acids is 1. The lowest BCUT2D eigenvalue weighted by molar-refractivity contribution is -0.139. The van der Waals surface area contributed by atoms with Crippen LogP contribution in [0.15, 0.2) is 30.0 Å². The maximum Gasteiger partial charge on any atom is 0.228 e. The van der Waals surface area contributed by atoms with Crippen LogP contribution in [-0.4, -0.2) is 79.7 Å². The molecule has 2 saturated heterocycles. The summed E-state index contributed by atoms with van der Waals surface area (Å²) >= 11 is 1.47. The number of nitriles is 1. The van der Waals surface area contributed by atoms with Gasteiger partial charge in [0.15, 0.2) is 0 Å². The van der Waals surface area contributed by atoms with Gasteiger partial charge in [-0.3, -0.25) is 14.7 Å². The third-order valence-corrected chi connectivity index (χ3v) is 7.13. The molecule has 1 amide bonds. The van der Waals surface area contributed by atoms with E-state index >= 15 is 0 Å². The number of aromatic nitrogens is 5. The molecule has 5 heterocycles. The normalized spacial score (nSPS) is 21.2. The van der Waals surface area contributed by atoms with E-state index in [9.17, 15) is 10.1 Å². The second kappa shape index (κ2) is 8.74. The summed E-state index contributed by atoms with van der Waals surface area (Å²) in [7, 11) is 0. The number of morpholine rings is 1. The number of hydrogen-bond acceptors (Lipinski definition) is 9. The van der Waals surface area contributed by atoms with Gasteiger partial charge in [-0.1, -0.05) is 0 Å². The molecule has 0 saturated carbocycles. The second-order valence-corrected chi connectivity index (χ2v) is 8.89. The Morgan fingerprint density at radius 1 is 1.34 bits per heavy atom. The van der Waals surface area contributed by atoms with Crippen molar-refractivity contribution in [3.8, 4) is 11.8 Å². The molecule has 0 unspecified atom stereocenters. The predicted molar refractivity (Wildman–Crippen MR) is 115 cm³/mol. The Morgan fingerprint density at radius 2 is 2.25 bits per heavy atom. The first-order valence-electron chi connectivity index (χ1n) is 10.4. The summed E-state index contributed by atoms with van der Waals surface area (Å²) in [6.45, 7) is 5.51. The van der Waals surface area contributed by atoms with Gasteiger partial charge >= 0.3 is 0 Å². The Balaban J connectivity index is 1.17. The summed E-state index contributed by atoms with van der Waals surface area (Å²) < 4.78 is 7.67. The van der Waals surface area contributed by atoms with Gasteiger partial charge in [0.25, 0.3) is 0 Å². The van der Waals surface area contributed by atoms with Crippen LogP contribution in [0, 0.1) is 18.3 Å². The van der Waals surface area contributed by atoms with Crippen molar-refractivity contribution in [3.05, 3.63) is 51.7 Å². The number of thiophene rings is 1. The Labute approximate surface area is 189 Å². The van der Waals surface area contributed by atoms with Gasteiger partial charge < -0.3 is 9.64 Å². The van der Waals surface area contributed by atoms with Crippen molar-refractivity contribution in [3.63, 3.8) is 0 Å². The summed E-state index contributed by atoms with van der Waals surface area (Å²) in [5, 5.41) is 22.3. The Kier molecular flexibility index (Phi) is 5.65. The van der Waals surface area contributed by atoms with Crippen LogP contribution in [0.4, 0.5) is 0 Å². The van der Waals surface area contributed by atoms with Crippen LogP contribution >= 0.6 is 11.3 Å². The highest BCUT2D eigenvalue weighted by Crippen LogP contribution is 2.33. The average molecular weight is 451 g/mol. The summed E-state index contributed by atoms with van der Waals surface area (Å²) in [5.74, 6) is 0.0711. The molecule has 0 radical (unpaired) electrons. The zero-order valence-corrected chi connectivity index (χ0v) is 18.4. The minimum absolute atomic E-state index is 0.0187. The summed E-state index contributed by atoms with van der Waals surface area (Å²) in [4.78, 5) is 22.3. The van der Waals surface area contributed by atoms with Crippen LogP contribution in [0.3, 0.4) is 0 Å². The molecule has 2 fully saturated rings. The fourth-order valence-electron chi connectivity index (χ4n) is 4.26. The largest absolute Gasteiger partial charge is 0.370 e. The highest BCUT2D eigenvalue weighted by Gasteiger charge is 2.36. The third-order valence-electron chi connectivity index (χ3n) is 6.13. The number of hydrogen-bond donors (Lipinski definition) is 0. The van der Waals surface area contributed by atoms with Gasteiger partial charge in [-0.2, -0.15) is 9.94 Å². The van der Waals surface area contributed by atoms with Crippen molar-refractivity contribution in [2.45, 2.75) is 25.5 Å². The monoisotopic (exact) mass is 450 g/mol. The van der Waals surface area contributed by atoms with Gasteiger partial charge in [0, 0.05) is 31.9 Å². The molecule has 0 aromatic carbocycles. The maximum atomic E-state index is 12.9. The van der Waals surface area contributed by atoms with Crippen LogP contribution in [-0.2, 0) is 16.0 Å². The van der Waals surface area contributed by atoms with E-state index in [1.165, 1.54) is 22.3 Å². The maximum absolute atomic E-state index is 12.9. The molecular weight excluding hydrogens is 428 g/mol. The first-order valence-corrected chi connectivity index (χ1v) is 11.3. The quantitative estimate of drug-likeness (QED) is 0.581. The molecule has 0 N–H and O–H groups in total. The molecule has 3 aromatic heterocycles. The van der Waals surface area contributed by atoms with Crippen molar-refractivity contribution in [1.82, 2.24) is 35.0 Å². The number of fused-ring (bicyclic) bond motifs is 1. The number of piperazine rings is 1. The number of nitrogens with zero attached hydrogens (tertiary/aromatic N) is 8. The van der Waals surface area contributed by atoms with Crippen molar-refractivity contribution in [2.24, 2.45) is 0 Å². The molecule has 11 heteroatoms. The zero-order chi connectivity index (χ0) is 22.1. The Bertz CT molecular complexity index is 1140. The second-order valence-electron chi connectivity index (χ2n) is 8.01. The van der Waals surface area contributed by atoms with Crippen LogP contribution in [0.5, 0.6) is 0 Å². The first-order chi connectivity index (χ1) is 15.6. The van der Waals surface area contributed by atoms with Crippen molar-refractivity contribution < 1.29 is 9.53 Å². The Hall–Kier alpha value is -3.20. The Morgan fingerprint density at radius 3 is 2.97 bits per heavy atom. The first kappa shape index (κ1) is 20.7. The third kappa shape index (κ3) is 4.00. The average Bonchev–Trinajstić information content (AvgIpc) is 3.49. The lowest BCUT2D eigenvalue weighted by Gasteiger charge is -2.46. The van der Waals surface area contributed by atoms with E-state index in [1.54, 1.807) is 6.20 Å². The van der Waals surface area contributed by atoms with Crippen molar-refractivity contribution >= 4 is 17.2 Å². The molecule has 2 aliphatic rings. The summed E-state index contributed by atoms with van der Waals surface area (Å²) in [6.07, 6.45) is 3.41. The van der Waals surface area contributed by atoms with E-state index in [4.69, 9.17) is 4.74 Å². The van der Waals surface area contributed by atoms with E-state index in [2.05, 4.69) is 31.5 Å². The van der Waals surface area contributed by atoms with Gasteiger partial charge in [-0.25, -0.2) is 0 Å². The molecule has 2 aliphatic heterocycles. The molecule has 0 spiro atoms. The number of carbonyl (C=O) groups is 1. The van der Waals surface area contributed by atoms with E-state index in [0.29, 0.717) is 19.7 Å². The molecule has 5 rings (SSSR count). The number of ether oxygens (including phenoxy) is 1. The van der Waals surface area contributed by atoms with Crippen LogP contribution in [0.2, 0.25) is 0 Å².